The molecule has 0 aliphatic carbocycles. The van der Waals surface area contributed by atoms with Crippen LogP contribution in [0, 0.1) is 0 Å². The lowest BCUT2D eigenvalue weighted by Gasteiger charge is -2.06. The molecule has 2 aromatic rings. The van der Waals surface area contributed by atoms with Gasteiger partial charge in [-0.3, -0.25) is 0 Å². The van der Waals surface area contributed by atoms with Crippen LogP contribution in [0.4, 0.5) is 5.69 Å². The molecule has 0 radical (unpaired) electrons. The zero-order chi connectivity index (χ0) is 11.2. The zero-order valence-electron chi connectivity index (χ0n) is 9.18. The van der Waals surface area contributed by atoms with Crippen LogP contribution in [0.1, 0.15) is 5.56 Å². The van der Waals surface area contributed by atoms with E-state index in [9.17, 15) is 0 Å². The van der Waals surface area contributed by atoms with Gasteiger partial charge in [-0.15, -0.1) is 0 Å². The minimum absolute atomic E-state index is 0.543. The summed E-state index contributed by atoms with van der Waals surface area (Å²) < 4.78 is 5.58. The highest BCUT2D eigenvalue weighted by Gasteiger charge is 1.97. The maximum atomic E-state index is 5.58. The highest BCUT2D eigenvalue weighted by atomic mass is 16.5. The van der Waals surface area contributed by atoms with Gasteiger partial charge in [0, 0.05) is 25.0 Å². The van der Waals surface area contributed by atoms with E-state index >= 15 is 0 Å². The number of anilines is 1. The van der Waals surface area contributed by atoms with Gasteiger partial charge in [0.25, 0.3) is 0 Å². The Kier molecular flexibility index (Phi) is 3.38. The molecule has 0 saturated heterocycles. The number of pyridine rings is 1. The van der Waals surface area contributed by atoms with Crippen molar-refractivity contribution in [2.45, 2.75) is 6.61 Å². The lowest BCUT2D eigenvalue weighted by molar-refractivity contribution is 0.294. The summed E-state index contributed by atoms with van der Waals surface area (Å²) in [6.07, 6.45) is 1.73. The fraction of sp³-hybridized carbons (Fsp3) is 0.154. The SMILES string of the molecule is CNc1ccnc(OCc2ccccc2)c1. The smallest absolute Gasteiger partial charge is 0.215 e. The van der Waals surface area contributed by atoms with Crippen LogP contribution in [0.2, 0.25) is 0 Å². The van der Waals surface area contributed by atoms with Crippen molar-refractivity contribution in [3.63, 3.8) is 0 Å². The van der Waals surface area contributed by atoms with E-state index < -0.39 is 0 Å². The molecule has 1 aromatic carbocycles. The molecule has 0 saturated carbocycles. The minimum Gasteiger partial charge on any atom is -0.473 e. The molecule has 0 atom stereocenters. The molecular formula is C13H14N2O. The van der Waals surface area contributed by atoms with Crippen molar-refractivity contribution in [2.24, 2.45) is 0 Å². The number of benzene rings is 1. The molecule has 0 aliphatic rings. The van der Waals surface area contributed by atoms with Gasteiger partial charge in [0.15, 0.2) is 0 Å². The summed E-state index contributed by atoms with van der Waals surface area (Å²) in [6, 6.07) is 13.8. The molecule has 16 heavy (non-hydrogen) atoms. The third-order valence-corrected chi connectivity index (χ3v) is 2.25. The molecule has 1 aromatic heterocycles. The van der Waals surface area contributed by atoms with E-state index in [4.69, 9.17) is 4.74 Å². The van der Waals surface area contributed by atoms with Crippen LogP contribution in [0.25, 0.3) is 0 Å². The van der Waals surface area contributed by atoms with E-state index in [1.165, 1.54) is 0 Å². The molecular weight excluding hydrogens is 200 g/mol. The second-order valence-electron chi connectivity index (χ2n) is 3.41. The number of nitrogens with one attached hydrogen (secondary N) is 1. The van der Waals surface area contributed by atoms with E-state index in [-0.39, 0.29) is 0 Å². The zero-order valence-corrected chi connectivity index (χ0v) is 9.18. The molecule has 3 nitrogen and oxygen atoms in total. The lowest BCUT2D eigenvalue weighted by Crippen LogP contribution is -1.97. The van der Waals surface area contributed by atoms with Crippen LogP contribution in [0.3, 0.4) is 0 Å². The van der Waals surface area contributed by atoms with Gasteiger partial charge < -0.3 is 10.1 Å². The predicted molar refractivity (Wildman–Crippen MR) is 64.6 cm³/mol. The quantitative estimate of drug-likeness (QED) is 0.849. The van der Waals surface area contributed by atoms with E-state index in [1.807, 2.05) is 49.5 Å². The van der Waals surface area contributed by atoms with Crippen molar-refractivity contribution < 1.29 is 4.74 Å². The maximum Gasteiger partial charge on any atom is 0.215 e. The average Bonchev–Trinajstić information content (AvgIpc) is 2.38. The Bertz CT molecular complexity index is 443. The number of aromatic nitrogens is 1. The molecule has 2 rings (SSSR count). The normalized spacial score (nSPS) is 9.81. The highest BCUT2D eigenvalue weighted by Crippen LogP contribution is 2.14. The summed E-state index contributed by atoms with van der Waals surface area (Å²) in [6.45, 7) is 0.543. The minimum atomic E-state index is 0.543. The fourth-order valence-electron chi connectivity index (χ4n) is 1.38. The van der Waals surface area contributed by atoms with Crippen LogP contribution in [-0.4, -0.2) is 12.0 Å². The summed E-state index contributed by atoms with van der Waals surface area (Å²) in [5, 5.41) is 3.05. The number of nitrogens with zero attached hydrogens (tertiary/aromatic N) is 1. The molecule has 82 valence electrons. The van der Waals surface area contributed by atoms with E-state index in [2.05, 4.69) is 10.3 Å². The van der Waals surface area contributed by atoms with Gasteiger partial charge in [-0.1, -0.05) is 30.3 Å². The molecule has 1 heterocycles. The van der Waals surface area contributed by atoms with Gasteiger partial charge in [-0.2, -0.15) is 0 Å². The second kappa shape index (κ2) is 5.16. The Hall–Kier alpha value is -2.03. The summed E-state index contributed by atoms with van der Waals surface area (Å²) in [7, 11) is 1.87. The Morgan fingerprint density at radius 1 is 1.19 bits per heavy atom. The molecule has 0 unspecified atom stereocenters. The Labute approximate surface area is 95.1 Å². The van der Waals surface area contributed by atoms with Gasteiger partial charge in [0.1, 0.15) is 6.61 Å². The van der Waals surface area contributed by atoms with Crippen molar-refractivity contribution in [3.05, 3.63) is 54.2 Å². The molecule has 0 spiro atoms. The molecule has 1 N–H and O–H groups in total. The van der Waals surface area contributed by atoms with E-state index in [0.717, 1.165) is 11.3 Å². The first-order chi connectivity index (χ1) is 7.88. The topological polar surface area (TPSA) is 34.2 Å². The fourth-order valence-corrected chi connectivity index (χ4v) is 1.38. The first-order valence-corrected chi connectivity index (χ1v) is 5.19. The molecule has 0 amide bonds. The standard InChI is InChI=1S/C13H14N2O/c1-14-12-7-8-15-13(9-12)16-10-11-5-3-2-4-6-11/h2-9H,10H2,1H3,(H,14,15). The molecule has 0 aliphatic heterocycles. The van der Waals surface area contributed by atoms with Crippen molar-refractivity contribution in [1.82, 2.24) is 4.98 Å². The summed E-state index contributed by atoms with van der Waals surface area (Å²) in [4.78, 5) is 4.14. The third-order valence-electron chi connectivity index (χ3n) is 2.25. The largest absolute Gasteiger partial charge is 0.473 e. The van der Waals surface area contributed by atoms with Crippen LogP contribution >= 0.6 is 0 Å². The Morgan fingerprint density at radius 3 is 2.75 bits per heavy atom. The van der Waals surface area contributed by atoms with Gasteiger partial charge in [-0.25, -0.2) is 4.98 Å². The molecule has 0 fully saturated rings. The van der Waals surface area contributed by atoms with Gasteiger partial charge in [0.05, 0.1) is 0 Å². The van der Waals surface area contributed by atoms with E-state index in [0.29, 0.717) is 12.5 Å². The second-order valence-corrected chi connectivity index (χ2v) is 3.41. The third kappa shape index (κ3) is 2.73. The summed E-state index contributed by atoms with van der Waals surface area (Å²) in [5.74, 6) is 0.635. The Balaban J connectivity index is 1.99. The van der Waals surface area contributed by atoms with Crippen LogP contribution in [0.15, 0.2) is 48.7 Å². The summed E-state index contributed by atoms with van der Waals surface area (Å²) >= 11 is 0. The van der Waals surface area contributed by atoms with Crippen LogP contribution < -0.4 is 10.1 Å². The summed E-state index contributed by atoms with van der Waals surface area (Å²) in [5.41, 5.74) is 2.14. The van der Waals surface area contributed by atoms with E-state index in [1.54, 1.807) is 6.20 Å². The lowest BCUT2D eigenvalue weighted by atomic mass is 10.2. The van der Waals surface area contributed by atoms with Crippen LogP contribution in [-0.2, 0) is 6.61 Å². The number of hydrogen-bond donors (Lipinski definition) is 1. The molecule has 3 heteroatoms. The monoisotopic (exact) mass is 214 g/mol. The molecule has 0 bridgehead atoms. The van der Waals surface area contributed by atoms with Crippen LogP contribution in [0.5, 0.6) is 5.88 Å². The Morgan fingerprint density at radius 2 is 2.00 bits per heavy atom. The number of ether oxygens (including phenoxy) is 1. The maximum absolute atomic E-state index is 5.58. The van der Waals surface area contributed by atoms with Crippen molar-refractivity contribution in [1.29, 1.82) is 0 Å². The van der Waals surface area contributed by atoms with Gasteiger partial charge >= 0.3 is 0 Å². The number of rotatable bonds is 4. The first kappa shape index (κ1) is 10.5. The number of hydrogen-bond acceptors (Lipinski definition) is 3. The van der Waals surface area contributed by atoms with Crippen molar-refractivity contribution in [3.8, 4) is 5.88 Å². The van der Waals surface area contributed by atoms with Crippen molar-refractivity contribution in [2.75, 3.05) is 12.4 Å². The first-order valence-electron chi connectivity index (χ1n) is 5.19. The van der Waals surface area contributed by atoms with Gasteiger partial charge in [-0.05, 0) is 11.6 Å². The van der Waals surface area contributed by atoms with Crippen molar-refractivity contribution >= 4 is 5.69 Å². The average molecular weight is 214 g/mol. The predicted octanol–water partition coefficient (Wildman–Crippen LogP) is 2.70. The van der Waals surface area contributed by atoms with Gasteiger partial charge in [0.2, 0.25) is 5.88 Å². The highest BCUT2D eigenvalue weighted by molar-refractivity contribution is 5.44.